The van der Waals surface area contributed by atoms with Gasteiger partial charge in [-0.25, -0.2) is 9.97 Å². The van der Waals surface area contributed by atoms with Crippen molar-refractivity contribution in [2.45, 2.75) is 25.8 Å². The SMILES string of the molecule is CCNc1ncnc(N2CCCC2C(=O)NC)c1[N+](=O)[O-]. The molecule has 1 aliphatic heterocycles. The largest absolute Gasteiger partial charge is 0.364 e. The molecule has 1 fully saturated rings. The lowest BCUT2D eigenvalue weighted by molar-refractivity contribution is -0.383. The molecule has 0 aromatic carbocycles. The summed E-state index contributed by atoms with van der Waals surface area (Å²) in [6, 6.07) is -0.432. The van der Waals surface area contributed by atoms with Crippen LogP contribution in [0.15, 0.2) is 6.33 Å². The van der Waals surface area contributed by atoms with Gasteiger partial charge >= 0.3 is 5.69 Å². The number of amides is 1. The number of nitrogens with one attached hydrogen (secondary N) is 2. The van der Waals surface area contributed by atoms with Crippen molar-refractivity contribution in [1.82, 2.24) is 15.3 Å². The average Bonchev–Trinajstić information content (AvgIpc) is 2.95. The average molecular weight is 294 g/mol. The predicted molar refractivity (Wildman–Crippen MR) is 77.3 cm³/mol. The highest BCUT2D eigenvalue weighted by Gasteiger charge is 2.36. The maximum atomic E-state index is 11.9. The number of carbonyl (C=O) groups is 1. The molecule has 21 heavy (non-hydrogen) atoms. The second kappa shape index (κ2) is 6.33. The summed E-state index contributed by atoms with van der Waals surface area (Å²) in [5.41, 5.74) is -0.185. The maximum absolute atomic E-state index is 11.9. The van der Waals surface area contributed by atoms with Gasteiger partial charge in [0.1, 0.15) is 12.4 Å². The van der Waals surface area contributed by atoms with Crippen LogP contribution in [0, 0.1) is 10.1 Å². The molecule has 0 radical (unpaired) electrons. The first-order valence-electron chi connectivity index (χ1n) is 6.81. The first kappa shape index (κ1) is 14.9. The Morgan fingerprint density at radius 2 is 2.33 bits per heavy atom. The maximum Gasteiger partial charge on any atom is 0.353 e. The van der Waals surface area contributed by atoms with Crippen molar-refractivity contribution >= 4 is 23.2 Å². The van der Waals surface area contributed by atoms with Crippen molar-refractivity contribution in [2.24, 2.45) is 0 Å². The molecular weight excluding hydrogens is 276 g/mol. The van der Waals surface area contributed by atoms with Crippen LogP contribution < -0.4 is 15.5 Å². The van der Waals surface area contributed by atoms with Crippen LogP contribution in [-0.2, 0) is 4.79 Å². The standard InChI is InChI=1S/C12H18N6O3/c1-3-14-10-9(18(20)21)11(16-7-15-10)17-6-4-5-8(17)12(19)13-2/h7-8H,3-6H2,1-2H3,(H,13,19)(H,14,15,16). The molecule has 9 heteroatoms. The smallest absolute Gasteiger partial charge is 0.353 e. The molecule has 1 saturated heterocycles. The fourth-order valence-corrected chi connectivity index (χ4v) is 2.50. The first-order valence-corrected chi connectivity index (χ1v) is 6.81. The second-order valence-corrected chi connectivity index (χ2v) is 4.65. The highest BCUT2D eigenvalue weighted by molar-refractivity contribution is 5.86. The van der Waals surface area contributed by atoms with Gasteiger partial charge in [-0.1, -0.05) is 0 Å². The molecule has 1 amide bonds. The van der Waals surface area contributed by atoms with Gasteiger partial charge in [-0.2, -0.15) is 0 Å². The minimum absolute atomic E-state index is 0.162. The minimum atomic E-state index is -0.507. The lowest BCUT2D eigenvalue weighted by atomic mass is 10.2. The van der Waals surface area contributed by atoms with Gasteiger partial charge < -0.3 is 15.5 Å². The van der Waals surface area contributed by atoms with E-state index < -0.39 is 11.0 Å². The zero-order valence-electron chi connectivity index (χ0n) is 12.0. The molecule has 2 heterocycles. The number of aromatic nitrogens is 2. The summed E-state index contributed by atoms with van der Waals surface area (Å²) in [6.45, 7) is 2.90. The van der Waals surface area contributed by atoms with Crippen molar-refractivity contribution in [3.05, 3.63) is 16.4 Å². The number of nitro groups is 1. The van der Waals surface area contributed by atoms with Gasteiger partial charge in [-0.3, -0.25) is 14.9 Å². The van der Waals surface area contributed by atoms with Crippen LogP contribution in [0.5, 0.6) is 0 Å². The van der Waals surface area contributed by atoms with E-state index in [1.807, 2.05) is 6.92 Å². The van der Waals surface area contributed by atoms with Crippen LogP contribution in [0.2, 0.25) is 0 Å². The molecular formula is C12H18N6O3. The van der Waals surface area contributed by atoms with E-state index >= 15 is 0 Å². The molecule has 2 rings (SSSR count). The molecule has 0 aliphatic carbocycles. The molecule has 0 spiro atoms. The van der Waals surface area contributed by atoms with E-state index in [-0.39, 0.29) is 23.2 Å². The van der Waals surface area contributed by atoms with Crippen LogP contribution in [-0.4, -0.2) is 47.0 Å². The van der Waals surface area contributed by atoms with Gasteiger partial charge in [-0.05, 0) is 19.8 Å². The molecule has 1 atom stereocenters. The molecule has 2 N–H and O–H groups in total. The van der Waals surface area contributed by atoms with E-state index in [4.69, 9.17) is 0 Å². The summed E-state index contributed by atoms with van der Waals surface area (Å²) >= 11 is 0. The normalized spacial score (nSPS) is 17.6. The van der Waals surface area contributed by atoms with Crippen molar-refractivity contribution < 1.29 is 9.72 Å². The summed E-state index contributed by atoms with van der Waals surface area (Å²) in [4.78, 5) is 32.4. The Balaban J connectivity index is 2.45. The summed E-state index contributed by atoms with van der Waals surface area (Å²) in [5.74, 6) is 0.206. The third-order valence-electron chi connectivity index (χ3n) is 3.40. The highest BCUT2D eigenvalue weighted by Crippen LogP contribution is 2.35. The van der Waals surface area contributed by atoms with Crippen molar-refractivity contribution in [1.29, 1.82) is 0 Å². The van der Waals surface area contributed by atoms with E-state index in [9.17, 15) is 14.9 Å². The van der Waals surface area contributed by atoms with E-state index in [2.05, 4.69) is 20.6 Å². The Labute approximate surface area is 121 Å². The third kappa shape index (κ3) is 2.86. The molecule has 1 aromatic heterocycles. The zero-order valence-corrected chi connectivity index (χ0v) is 12.0. The molecule has 0 bridgehead atoms. The number of nitrogens with zero attached hydrogens (tertiary/aromatic N) is 4. The number of hydrogen-bond donors (Lipinski definition) is 2. The van der Waals surface area contributed by atoms with Gasteiger partial charge in [0, 0.05) is 20.1 Å². The number of anilines is 2. The Morgan fingerprint density at radius 1 is 1.57 bits per heavy atom. The van der Waals surface area contributed by atoms with Gasteiger partial charge in [0.25, 0.3) is 0 Å². The monoisotopic (exact) mass is 294 g/mol. The Bertz CT molecular complexity index is 550. The molecule has 1 aromatic rings. The predicted octanol–water partition coefficient (Wildman–Crippen LogP) is 0.531. The van der Waals surface area contributed by atoms with E-state index in [0.717, 1.165) is 6.42 Å². The fourth-order valence-electron chi connectivity index (χ4n) is 2.50. The summed E-state index contributed by atoms with van der Waals surface area (Å²) in [5, 5.41) is 16.8. The van der Waals surface area contributed by atoms with Gasteiger partial charge in [0.15, 0.2) is 0 Å². The van der Waals surface area contributed by atoms with Crippen LogP contribution in [0.3, 0.4) is 0 Å². The number of likely N-dealkylation sites (N-methyl/N-ethyl adjacent to an activating group) is 1. The van der Waals surface area contributed by atoms with E-state index in [0.29, 0.717) is 19.5 Å². The first-order chi connectivity index (χ1) is 10.1. The van der Waals surface area contributed by atoms with E-state index in [1.54, 1.807) is 11.9 Å². The van der Waals surface area contributed by atoms with E-state index in [1.165, 1.54) is 6.33 Å². The Kier molecular flexibility index (Phi) is 4.51. The van der Waals surface area contributed by atoms with Gasteiger partial charge in [0.05, 0.1) is 4.92 Å². The Hall–Kier alpha value is -2.45. The third-order valence-corrected chi connectivity index (χ3v) is 3.40. The van der Waals surface area contributed by atoms with Crippen LogP contribution >= 0.6 is 0 Å². The van der Waals surface area contributed by atoms with Gasteiger partial charge in [-0.15, -0.1) is 0 Å². The summed E-state index contributed by atoms with van der Waals surface area (Å²) in [6.07, 6.45) is 2.71. The van der Waals surface area contributed by atoms with Crippen LogP contribution in [0.25, 0.3) is 0 Å². The fraction of sp³-hybridized carbons (Fsp3) is 0.583. The van der Waals surface area contributed by atoms with Crippen molar-refractivity contribution in [3.63, 3.8) is 0 Å². The number of carbonyl (C=O) groups excluding carboxylic acids is 1. The summed E-state index contributed by atoms with van der Waals surface area (Å²) < 4.78 is 0. The molecule has 1 unspecified atom stereocenters. The topological polar surface area (TPSA) is 113 Å². The molecule has 114 valence electrons. The Morgan fingerprint density at radius 3 is 2.95 bits per heavy atom. The highest BCUT2D eigenvalue weighted by atomic mass is 16.6. The number of rotatable bonds is 5. The number of hydrogen-bond acceptors (Lipinski definition) is 7. The zero-order chi connectivity index (χ0) is 15.4. The van der Waals surface area contributed by atoms with Crippen LogP contribution in [0.4, 0.5) is 17.3 Å². The summed E-state index contributed by atoms with van der Waals surface area (Å²) in [7, 11) is 1.55. The molecule has 1 aliphatic rings. The van der Waals surface area contributed by atoms with Crippen molar-refractivity contribution in [3.8, 4) is 0 Å². The van der Waals surface area contributed by atoms with Gasteiger partial charge in [0.2, 0.25) is 17.5 Å². The lowest BCUT2D eigenvalue weighted by Gasteiger charge is -2.24. The second-order valence-electron chi connectivity index (χ2n) is 4.65. The quantitative estimate of drug-likeness (QED) is 0.601. The lowest BCUT2D eigenvalue weighted by Crippen LogP contribution is -2.42. The minimum Gasteiger partial charge on any atom is -0.364 e. The van der Waals surface area contributed by atoms with Crippen LogP contribution in [0.1, 0.15) is 19.8 Å². The molecule has 0 saturated carbocycles. The molecule has 9 nitrogen and oxygen atoms in total. The van der Waals surface area contributed by atoms with Crippen molar-refractivity contribution in [2.75, 3.05) is 30.4 Å².